The third-order valence-electron chi connectivity index (χ3n) is 3.13. The lowest BCUT2D eigenvalue weighted by Gasteiger charge is -2.22. The summed E-state index contributed by atoms with van der Waals surface area (Å²) < 4.78 is 5.40. The molecule has 2 aliphatic heterocycles. The first kappa shape index (κ1) is 9.44. The van der Waals surface area contributed by atoms with Gasteiger partial charge in [-0.05, 0) is 19.4 Å². The van der Waals surface area contributed by atoms with E-state index >= 15 is 0 Å². The van der Waals surface area contributed by atoms with Crippen LogP contribution in [0.25, 0.3) is 0 Å². The summed E-state index contributed by atoms with van der Waals surface area (Å²) in [6.07, 6.45) is 2.54. The van der Waals surface area contributed by atoms with Crippen molar-refractivity contribution in [2.75, 3.05) is 32.8 Å². The van der Waals surface area contributed by atoms with Crippen molar-refractivity contribution in [3.05, 3.63) is 0 Å². The lowest BCUT2D eigenvalue weighted by Crippen LogP contribution is -2.37. The molecule has 1 N–H and O–H groups in total. The van der Waals surface area contributed by atoms with E-state index in [2.05, 4.69) is 17.1 Å². The van der Waals surface area contributed by atoms with Crippen LogP contribution in [0.15, 0.2) is 0 Å². The molecule has 0 bridgehead atoms. The molecular weight excluding hydrogens is 164 g/mol. The quantitative estimate of drug-likeness (QED) is 0.689. The fourth-order valence-corrected chi connectivity index (χ4v) is 2.38. The van der Waals surface area contributed by atoms with Gasteiger partial charge in [0.2, 0.25) is 0 Å². The molecule has 2 saturated heterocycles. The predicted molar refractivity (Wildman–Crippen MR) is 52.9 cm³/mol. The van der Waals surface area contributed by atoms with Crippen molar-refractivity contribution >= 4 is 0 Å². The van der Waals surface area contributed by atoms with Crippen molar-refractivity contribution < 1.29 is 4.74 Å². The van der Waals surface area contributed by atoms with Gasteiger partial charge in [0.05, 0.1) is 6.61 Å². The Labute approximate surface area is 80.4 Å². The van der Waals surface area contributed by atoms with Gasteiger partial charge in [-0.15, -0.1) is 0 Å². The Morgan fingerprint density at radius 1 is 1.46 bits per heavy atom. The molecule has 2 unspecified atom stereocenters. The second-order valence-electron chi connectivity index (χ2n) is 4.06. The first-order chi connectivity index (χ1) is 6.40. The Kier molecular flexibility index (Phi) is 3.19. The summed E-state index contributed by atoms with van der Waals surface area (Å²) in [7, 11) is 0. The van der Waals surface area contributed by atoms with Crippen LogP contribution < -0.4 is 5.32 Å². The lowest BCUT2D eigenvalue weighted by atomic mass is 10.2. The van der Waals surface area contributed by atoms with E-state index in [0.717, 1.165) is 25.8 Å². The van der Waals surface area contributed by atoms with Crippen LogP contribution in [0.5, 0.6) is 0 Å². The first-order valence-corrected chi connectivity index (χ1v) is 5.45. The van der Waals surface area contributed by atoms with Crippen molar-refractivity contribution in [1.82, 2.24) is 10.2 Å². The van der Waals surface area contributed by atoms with Crippen molar-refractivity contribution in [3.8, 4) is 0 Å². The fraction of sp³-hybridized carbons (Fsp3) is 1.00. The summed E-state index contributed by atoms with van der Waals surface area (Å²) in [5.41, 5.74) is 0. The maximum Gasteiger partial charge on any atom is 0.0622 e. The Hall–Kier alpha value is -0.120. The van der Waals surface area contributed by atoms with Crippen LogP contribution in [0.3, 0.4) is 0 Å². The monoisotopic (exact) mass is 184 g/mol. The molecule has 2 atom stereocenters. The molecule has 2 heterocycles. The van der Waals surface area contributed by atoms with E-state index in [1.54, 1.807) is 0 Å². The highest BCUT2D eigenvalue weighted by atomic mass is 16.5. The van der Waals surface area contributed by atoms with Crippen molar-refractivity contribution in [3.63, 3.8) is 0 Å². The smallest absolute Gasteiger partial charge is 0.0622 e. The van der Waals surface area contributed by atoms with E-state index in [9.17, 15) is 0 Å². The van der Waals surface area contributed by atoms with Gasteiger partial charge in [-0.2, -0.15) is 0 Å². The molecule has 3 heteroatoms. The first-order valence-electron chi connectivity index (χ1n) is 5.45. The largest absolute Gasteiger partial charge is 0.380 e. The summed E-state index contributed by atoms with van der Waals surface area (Å²) in [6.45, 7) is 7.68. The van der Waals surface area contributed by atoms with Gasteiger partial charge in [-0.1, -0.05) is 6.92 Å². The number of likely N-dealkylation sites (N-methyl/N-ethyl adjacent to an activating group) is 1. The molecule has 13 heavy (non-hydrogen) atoms. The highest BCUT2D eigenvalue weighted by Crippen LogP contribution is 2.18. The second kappa shape index (κ2) is 4.40. The van der Waals surface area contributed by atoms with E-state index in [1.165, 1.54) is 25.9 Å². The van der Waals surface area contributed by atoms with Crippen LogP contribution in [0.4, 0.5) is 0 Å². The summed E-state index contributed by atoms with van der Waals surface area (Å²) in [5.74, 6) is 0. The Morgan fingerprint density at radius 2 is 2.38 bits per heavy atom. The molecule has 2 aliphatic rings. The van der Waals surface area contributed by atoms with Gasteiger partial charge >= 0.3 is 0 Å². The maximum absolute atomic E-state index is 5.40. The summed E-state index contributed by atoms with van der Waals surface area (Å²) in [4.78, 5) is 2.58. The van der Waals surface area contributed by atoms with Crippen LogP contribution in [0.2, 0.25) is 0 Å². The molecule has 3 nitrogen and oxygen atoms in total. The fourth-order valence-electron chi connectivity index (χ4n) is 2.38. The average molecular weight is 184 g/mol. The molecule has 0 aromatic rings. The Bertz CT molecular complexity index is 157. The Balaban J connectivity index is 1.76. The zero-order valence-corrected chi connectivity index (χ0v) is 8.46. The standard InChI is InChI=1S/C10H20N2O/c1-2-11-9-3-5-12(7-9)10-4-6-13-8-10/h9-11H,2-8H2,1H3. The Morgan fingerprint density at radius 3 is 3.08 bits per heavy atom. The molecule has 2 rings (SSSR count). The molecule has 0 aromatic carbocycles. The minimum Gasteiger partial charge on any atom is -0.380 e. The molecular formula is C10H20N2O. The van der Waals surface area contributed by atoms with Gasteiger partial charge in [-0.3, -0.25) is 4.90 Å². The maximum atomic E-state index is 5.40. The highest BCUT2D eigenvalue weighted by Gasteiger charge is 2.29. The second-order valence-corrected chi connectivity index (χ2v) is 4.06. The van der Waals surface area contributed by atoms with Crippen LogP contribution in [-0.2, 0) is 4.74 Å². The summed E-state index contributed by atoms with van der Waals surface area (Å²) >= 11 is 0. The predicted octanol–water partition coefficient (Wildman–Crippen LogP) is 0.459. The van der Waals surface area contributed by atoms with E-state index in [-0.39, 0.29) is 0 Å². The topological polar surface area (TPSA) is 24.5 Å². The van der Waals surface area contributed by atoms with Gasteiger partial charge in [-0.25, -0.2) is 0 Å². The van der Waals surface area contributed by atoms with Crippen molar-refractivity contribution in [2.24, 2.45) is 0 Å². The molecule has 0 aromatic heterocycles. The number of hydrogen-bond acceptors (Lipinski definition) is 3. The summed E-state index contributed by atoms with van der Waals surface area (Å²) in [6, 6.07) is 1.44. The number of likely N-dealkylation sites (tertiary alicyclic amines) is 1. The third kappa shape index (κ3) is 2.22. The van der Waals surface area contributed by atoms with E-state index < -0.39 is 0 Å². The zero-order valence-electron chi connectivity index (χ0n) is 8.46. The van der Waals surface area contributed by atoms with Crippen LogP contribution in [0.1, 0.15) is 19.8 Å². The minimum atomic E-state index is 0.712. The molecule has 0 amide bonds. The van der Waals surface area contributed by atoms with Gasteiger partial charge in [0.25, 0.3) is 0 Å². The number of nitrogens with zero attached hydrogens (tertiary/aromatic N) is 1. The molecule has 0 spiro atoms. The number of rotatable bonds is 3. The lowest BCUT2D eigenvalue weighted by molar-refractivity contribution is 0.157. The van der Waals surface area contributed by atoms with Crippen molar-refractivity contribution in [1.29, 1.82) is 0 Å². The van der Waals surface area contributed by atoms with Crippen molar-refractivity contribution in [2.45, 2.75) is 31.8 Å². The zero-order chi connectivity index (χ0) is 9.10. The van der Waals surface area contributed by atoms with Gasteiger partial charge < -0.3 is 10.1 Å². The van der Waals surface area contributed by atoms with Gasteiger partial charge in [0.15, 0.2) is 0 Å². The molecule has 0 saturated carbocycles. The molecule has 0 aliphatic carbocycles. The normalized spacial score (nSPS) is 35.8. The van der Waals surface area contributed by atoms with E-state index in [1.807, 2.05) is 0 Å². The van der Waals surface area contributed by atoms with Crippen LogP contribution >= 0.6 is 0 Å². The van der Waals surface area contributed by atoms with Gasteiger partial charge in [0, 0.05) is 31.8 Å². The highest BCUT2D eigenvalue weighted by molar-refractivity contribution is 4.86. The molecule has 2 fully saturated rings. The summed E-state index contributed by atoms with van der Waals surface area (Å²) in [5, 5.41) is 3.52. The number of hydrogen-bond donors (Lipinski definition) is 1. The van der Waals surface area contributed by atoms with Gasteiger partial charge in [0.1, 0.15) is 0 Å². The third-order valence-corrected chi connectivity index (χ3v) is 3.13. The van der Waals surface area contributed by atoms with E-state index in [4.69, 9.17) is 4.74 Å². The minimum absolute atomic E-state index is 0.712. The number of ether oxygens (including phenoxy) is 1. The molecule has 0 radical (unpaired) electrons. The molecule has 76 valence electrons. The van der Waals surface area contributed by atoms with Crippen LogP contribution in [0, 0.1) is 0 Å². The van der Waals surface area contributed by atoms with E-state index in [0.29, 0.717) is 6.04 Å². The SMILES string of the molecule is CCNC1CCN(C2CCOC2)C1. The number of nitrogens with one attached hydrogen (secondary N) is 1. The van der Waals surface area contributed by atoms with Crippen LogP contribution in [-0.4, -0.2) is 49.8 Å². The average Bonchev–Trinajstić information content (AvgIpc) is 2.70.